The molecule has 2 aliphatic carbocycles. The third kappa shape index (κ3) is 8.12. The molecule has 0 N–H and O–H groups in total. The Morgan fingerprint density at radius 1 is 0.744 bits per heavy atom. The summed E-state index contributed by atoms with van der Waals surface area (Å²) in [5, 5.41) is 13.9. The molecule has 2 aromatic heterocycles. The number of aromatic nitrogens is 1. The molecule has 43 heavy (non-hydrogen) atoms. The van der Waals surface area contributed by atoms with Crippen molar-refractivity contribution in [1.82, 2.24) is 4.98 Å². The van der Waals surface area contributed by atoms with Crippen molar-refractivity contribution in [3.05, 3.63) is 89.5 Å². The van der Waals surface area contributed by atoms with Crippen LogP contribution in [-0.4, -0.2) is 29.2 Å². The van der Waals surface area contributed by atoms with Crippen molar-refractivity contribution in [2.24, 2.45) is 0 Å². The monoisotopic (exact) mass is 767 g/mol. The van der Waals surface area contributed by atoms with Crippen molar-refractivity contribution in [2.75, 3.05) is 0 Å². The SMILES string of the molecule is CC(CC(C)[N-]C1CCCCC1)[N-]C1CCCCC1.[Ir+3].[c-]1ccccc1-c1nc2ccccc2c2c1sc1ccccc12. The zero-order valence-corrected chi connectivity index (χ0v) is 28.8. The van der Waals surface area contributed by atoms with Gasteiger partial charge in [-0.15, -0.1) is 71.4 Å². The van der Waals surface area contributed by atoms with E-state index in [9.17, 15) is 0 Å². The van der Waals surface area contributed by atoms with Crippen molar-refractivity contribution in [3.63, 3.8) is 0 Å². The Hall–Kier alpha value is -2.14. The number of hydrogen-bond donors (Lipinski definition) is 0. The first kappa shape index (κ1) is 32.3. The van der Waals surface area contributed by atoms with E-state index < -0.39 is 0 Å². The molecule has 2 fully saturated rings. The zero-order valence-electron chi connectivity index (χ0n) is 25.6. The van der Waals surface area contributed by atoms with Crippen molar-refractivity contribution >= 4 is 42.4 Å². The van der Waals surface area contributed by atoms with E-state index in [1.165, 1.54) is 89.8 Å². The van der Waals surface area contributed by atoms with E-state index in [-0.39, 0.29) is 20.1 Å². The molecule has 5 aromatic rings. The summed E-state index contributed by atoms with van der Waals surface area (Å²) < 4.78 is 2.55. The summed E-state index contributed by atoms with van der Waals surface area (Å²) in [4.78, 5) is 4.95. The maximum atomic E-state index is 5.01. The molecular weight excluding hydrogens is 723 g/mol. The second kappa shape index (κ2) is 15.7. The number of thiophene rings is 1. The van der Waals surface area contributed by atoms with Gasteiger partial charge >= 0.3 is 20.1 Å². The van der Waals surface area contributed by atoms with Gasteiger partial charge in [0.1, 0.15) is 0 Å². The molecule has 2 aliphatic rings. The minimum Gasteiger partial charge on any atom is -0.657 e. The van der Waals surface area contributed by atoms with Gasteiger partial charge in [0.2, 0.25) is 0 Å². The summed E-state index contributed by atoms with van der Waals surface area (Å²) in [6.07, 6.45) is 14.9. The van der Waals surface area contributed by atoms with Crippen LogP contribution in [0.3, 0.4) is 0 Å². The maximum Gasteiger partial charge on any atom is 3.00 e. The van der Waals surface area contributed by atoms with E-state index in [1.807, 2.05) is 35.6 Å². The Bertz CT molecular complexity index is 1550. The van der Waals surface area contributed by atoms with Crippen LogP contribution in [0.4, 0.5) is 0 Å². The topological polar surface area (TPSA) is 41.1 Å². The molecule has 5 heteroatoms. The standard InChI is InChI=1S/C21H12NS.C17H32N2.Ir/c1-2-8-14(9-3-1)20-21-19(15-10-4-6-12-17(15)22-20)16-11-5-7-13-18(16)23-21;1-14(18-16-9-5-3-6-10-16)13-15(2)19-17-11-7-4-8-12-17;/h1-8,10-13H;14-17H,3-13H2,1-2H3;/q-1;-2;+3. The van der Waals surface area contributed by atoms with Crippen LogP contribution in [-0.2, 0) is 20.1 Å². The summed E-state index contributed by atoms with van der Waals surface area (Å²) in [5.74, 6) is 0. The van der Waals surface area contributed by atoms with Crippen molar-refractivity contribution in [2.45, 2.75) is 109 Å². The average molecular weight is 767 g/mol. The number of fused-ring (bicyclic) bond motifs is 5. The summed E-state index contributed by atoms with van der Waals surface area (Å²) in [6.45, 7) is 4.59. The molecule has 7 rings (SSSR count). The molecular formula is C38H44IrN3S. The molecule has 0 aliphatic heterocycles. The number of benzene rings is 3. The van der Waals surface area contributed by atoms with Crippen LogP contribution in [0.1, 0.15) is 84.5 Å². The first-order chi connectivity index (χ1) is 20.7. The minimum atomic E-state index is 0. The van der Waals surface area contributed by atoms with Crippen LogP contribution in [0.15, 0.2) is 72.8 Å². The number of para-hydroxylation sites is 1. The van der Waals surface area contributed by atoms with Crippen LogP contribution >= 0.6 is 11.3 Å². The number of hydrogen-bond acceptors (Lipinski definition) is 2. The van der Waals surface area contributed by atoms with Gasteiger partial charge in [-0.1, -0.05) is 121 Å². The molecule has 0 radical (unpaired) electrons. The Labute approximate surface area is 275 Å². The normalized spacial score (nSPS) is 17.7. The number of pyridine rings is 1. The fraction of sp³-hybridized carbons (Fsp3) is 0.447. The Balaban J connectivity index is 0.000000171. The van der Waals surface area contributed by atoms with E-state index in [0.29, 0.717) is 24.2 Å². The number of nitrogens with zero attached hydrogens (tertiary/aromatic N) is 3. The van der Waals surface area contributed by atoms with Crippen LogP contribution in [0.5, 0.6) is 0 Å². The van der Waals surface area contributed by atoms with Gasteiger partial charge < -0.3 is 10.6 Å². The van der Waals surface area contributed by atoms with Gasteiger partial charge in [0.15, 0.2) is 0 Å². The quantitative estimate of drug-likeness (QED) is 0.152. The molecule has 2 saturated carbocycles. The van der Waals surface area contributed by atoms with E-state index in [0.717, 1.165) is 23.2 Å². The summed E-state index contributed by atoms with van der Waals surface area (Å²) >= 11 is 1.82. The second-order valence-electron chi connectivity index (χ2n) is 12.4. The molecule has 0 spiro atoms. The van der Waals surface area contributed by atoms with E-state index in [2.05, 4.69) is 68.4 Å². The molecule has 2 heterocycles. The van der Waals surface area contributed by atoms with E-state index >= 15 is 0 Å². The second-order valence-corrected chi connectivity index (χ2v) is 13.4. The Morgan fingerprint density at radius 3 is 1.95 bits per heavy atom. The molecule has 3 nitrogen and oxygen atoms in total. The Kier molecular flexibility index (Phi) is 11.8. The van der Waals surface area contributed by atoms with Gasteiger partial charge in [0, 0.05) is 31.3 Å². The molecule has 0 saturated heterocycles. The smallest absolute Gasteiger partial charge is 0.657 e. The van der Waals surface area contributed by atoms with Crippen LogP contribution in [0, 0.1) is 6.07 Å². The number of rotatable bonds is 7. The Morgan fingerprint density at radius 2 is 1.33 bits per heavy atom. The van der Waals surface area contributed by atoms with E-state index in [4.69, 9.17) is 15.6 Å². The van der Waals surface area contributed by atoms with Gasteiger partial charge in [-0.25, -0.2) is 0 Å². The van der Waals surface area contributed by atoms with Crippen molar-refractivity contribution in [3.8, 4) is 11.3 Å². The molecule has 2 unspecified atom stereocenters. The summed E-state index contributed by atoms with van der Waals surface area (Å²) in [7, 11) is 0. The van der Waals surface area contributed by atoms with Crippen LogP contribution in [0.2, 0.25) is 0 Å². The van der Waals surface area contributed by atoms with Gasteiger partial charge in [-0.3, -0.25) is 4.98 Å². The van der Waals surface area contributed by atoms with E-state index in [1.54, 1.807) is 0 Å². The van der Waals surface area contributed by atoms with Crippen molar-refractivity contribution < 1.29 is 20.1 Å². The average Bonchev–Trinajstić information content (AvgIpc) is 3.42. The third-order valence-electron chi connectivity index (χ3n) is 8.94. The molecule has 226 valence electrons. The van der Waals surface area contributed by atoms with Crippen LogP contribution in [0.25, 0.3) is 53.0 Å². The molecule has 2 atom stereocenters. The van der Waals surface area contributed by atoms with Gasteiger partial charge in [0.25, 0.3) is 0 Å². The molecule has 3 aromatic carbocycles. The fourth-order valence-electron chi connectivity index (χ4n) is 6.95. The van der Waals surface area contributed by atoms with Gasteiger partial charge in [0.05, 0.1) is 5.52 Å². The minimum absolute atomic E-state index is 0. The zero-order chi connectivity index (χ0) is 28.7. The fourth-order valence-corrected chi connectivity index (χ4v) is 8.17. The van der Waals surface area contributed by atoms with Gasteiger partial charge in [-0.05, 0) is 12.1 Å². The largest absolute Gasteiger partial charge is 3.00 e. The third-order valence-corrected chi connectivity index (χ3v) is 10.1. The molecule has 0 amide bonds. The summed E-state index contributed by atoms with van der Waals surface area (Å²) in [5.41, 5.74) is 3.12. The van der Waals surface area contributed by atoms with Crippen molar-refractivity contribution in [1.29, 1.82) is 0 Å². The van der Waals surface area contributed by atoms with Crippen LogP contribution < -0.4 is 0 Å². The molecule has 0 bridgehead atoms. The van der Waals surface area contributed by atoms with Gasteiger partial charge in [-0.2, -0.15) is 0 Å². The predicted octanol–water partition coefficient (Wildman–Crippen LogP) is 11.6. The maximum absolute atomic E-state index is 5.01. The first-order valence-electron chi connectivity index (χ1n) is 16.2. The summed E-state index contributed by atoms with van der Waals surface area (Å²) in [6, 6.07) is 30.7. The predicted molar refractivity (Wildman–Crippen MR) is 183 cm³/mol. The first-order valence-corrected chi connectivity index (χ1v) is 17.0.